The van der Waals surface area contributed by atoms with Gasteiger partial charge in [-0.15, -0.1) is 0 Å². The van der Waals surface area contributed by atoms with E-state index < -0.39 is 0 Å². The molecular weight excluding hydrogens is 482 g/mol. The summed E-state index contributed by atoms with van der Waals surface area (Å²) in [4.78, 5) is 24.7. The number of carbonyl (C=O) groups excluding carboxylic acids is 2. The van der Waals surface area contributed by atoms with Gasteiger partial charge in [-0.05, 0) is 72.7 Å². The SMILES string of the molecule is C=Cn1c2ccc(C(=O)c3ccccc3C)cc2c2cc(/C(=C/CCOC(C)=O)CCC3CCCC3)ccc21. The molecule has 39 heavy (non-hydrogen) atoms. The molecule has 3 aromatic carbocycles. The fraction of sp³-hybridized carbons (Fsp3) is 0.314. The van der Waals surface area contributed by atoms with Crippen LogP contribution in [0.2, 0.25) is 0 Å². The number of hydrogen-bond donors (Lipinski definition) is 0. The van der Waals surface area contributed by atoms with Crippen molar-refractivity contribution in [3.05, 3.63) is 95.6 Å². The first kappa shape index (κ1) is 26.7. The number of rotatable bonds is 10. The highest BCUT2D eigenvalue weighted by molar-refractivity contribution is 6.16. The number of nitrogens with zero attached hydrogens (tertiary/aromatic N) is 1. The molecule has 4 aromatic rings. The van der Waals surface area contributed by atoms with Crippen molar-refractivity contribution in [1.82, 2.24) is 4.57 Å². The van der Waals surface area contributed by atoms with Gasteiger partial charge in [0.25, 0.3) is 0 Å². The number of ketones is 1. The van der Waals surface area contributed by atoms with Gasteiger partial charge in [0.05, 0.1) is 17.6 Å². The van der Waals surface area contributed by atoms with Crippen molar-refractivity contribution >= 4 is 45.3 Å². The van der Waals surface area contributed by atoms with Crippen LogP contribution in [0.25, 0.3) is 33.6 Å². The highest BCUT2D eigenvalue weighted by Gasteiger charge is 2.18. The largest absolute Gasteiger partial charge is 0.466 e. The van der Waals surface area contributed by atoms with Crippen molar-refractivity contribution in [3.63, 3.8) is 0 Å². The first-order chi connectivity index (χ1) is 19.0. The summed E-state index contributed by atoms with van der Waals surface area (Å²) in [6.45, 7) is 7.88. The zero-order valence-electron chi connectivity index (χ0n) is 23.0. The number of hydrogen-bond acceptors (Lipinski definition) is 3. The average molecular weight is 520 g/mol. The summed E-state index contributed by atoms with van der Waals surface area (Å²) in [7, 11) is 0. The van der Waals surface area contributed by atoms with Crippen LogP contribution in [-0.2, 0) is 9.53 Å². The Morgan fingerprint density at radius 3 is 2.31 bits per heavy atom. The van der Waals surface area contributed by atoms with E-state index in [1.807, 2.05) is 55.6 Å². The normalized spacial score (nSPS) is 14.3. The lowest BCUT2D eigenvalue weighted by molar-refractivity contribution is -0.140. The average Bonchev–Trinajstić information content (AvgIpc) is 3.57. The van der Waals surface area contributed by atoms with Gasteiger partial charge in [-0.25, -0.2) is 0 Å². The number of carbonyl (C=O) groups is 2. The minimum atomic E-state index is -0.245. The molecule has 1 fully saturated rings. The van der Waals surface area contributed by atoms with Gasteiger partial charge in [0.2, 0.25) is 0 Å². The van der Waals surface area contributed by atoms with E-state index in [2.05, 4.69) is 35.4 Å². The molecule has 1 aliphatic rings. The number of aryl methyl sites for hydroxylation is 1. The second kappa shape index (κ2) is 11.9. The van der Waals surface area contributed by atoms with Crippen molar-refractivity contribution in [2.45, 2.75) is 58.8 Å². The Morgan fingerprint density at radius 2 is 1.64 bits per heavy atom. The highest BCUT2D eigenvalue weighted by Crippen LogP contribution is 2.36. The van der Waals surface area contributed by atoms with Crippen molar-refractivity contribution < 1.29 is 14.3 Å². The van der Waals surface area contributed by atoms with Gasteiger partial charge in [0.1, 0.15) is 0 Å². The molecule has 0 atom stereocenters. The van der Waals surface area contributed by atoms with E-state index >= 15 is 0 Å². The topological polar surface area (TPSA) is 48.3 Å². The Balaban J connectivity index is 1.55. The molecule has 5 rings (SSSR count). The fourth-order valence-corrected chi connectivity index (χ4v) is 6.03. The minimum absolute atomic E-state index is 0.0354. The molecule has 1 heterocycles. The van der Waals surface area contributed by atoms with Gasteiger partial charge in [-0.1, -0.05) is 68.7 Å². The van der Waals surface area contributed by atoms with E-state index in [-0.39, 0.29) is 11.8 Å². The van der Waals surface area contributed by atoms with Crippen LogP contribution in [-0.4, -0.2) is 22.9 Å². The van der Waals surface area contributed by atoms with E-state index in [4.69, 9.17) is 4.74 Å². The number of fused-ring (bicyclic) bond motifs is 3. The smallest absolute Gasteiger partial charge is 0.302 e. The van der Waals surface area contributed by atoms with Crippen LogP contribution in [0.15, 0.2) is 73.3 Å². The molecule has 0 unspecified atom stereocenters. The molecule has 0 bridgehead atoms. The van der Waals surface area contributed by atoms with Gasteiger partial charge in [0, 0.05) is 41.4 Å². The second-order valence-electron chi connectivity index (χ2n) is 10.7. The van der Waals surface area contributed by atoms with Crippen LogP contribution in [0.4, 0.5) is 0 Å². The van der Waals surface area contributed by atoms with E-state index in [1.54, 1.807) is 0 Å². The molecule has 4 heteroatoms. The van der Waals surface area contributed by atoms with E-state index in [0.717, 1.165) is 45.3 Å². The van der Waals surface area contributed by atoms with Crippen molar-refractivity contribution in [2.75, 3.05) is 6.61 Å². The number of ether oxygens (including phenoxy) is 1. The second-order valence-corrected chi connectivity index (χ2v) is 10.7. The Labute approximate surface area is 231 Å². The van der Waals surface area contributed by atoms with E-state index in [1.165, 1.54) is 50.2 Å². The maximum Gasteiger partial charge on any atom is 0.302 e. The Morgan fingerprint density at radius 1 is 0.974 bits per heavy atom. The number of benzene rings is 3. The molecule has 0 radical (unpaired) electrons. The molecule has 1 aliphatic carbocycles. The summed E-state index contributed by atoms with van der Waals surface area (Å²) in [5.41, 5.74) is 6.97. The summed E-state index contributed by atoms with van der Waals surface area (Å²) < 4.78 is 7.30. The van der Waals surface area contributed by atoms with Crippen LogP contribution in [0.5, 0.6) is 0 Å². The summed E-state index contributed by atoms with van der Waals surface area (Å²) in [5, 5.41) is 2.15. The molecule has 1 saturated carbocycles. The Bertz CT molecular complexity index is 1570. The third kappa shape index (κ3) is 5.75. The third-order valence-electron chi connectivity index (χ3n) is 8.12. The Hall–Kier alpha value is -3.92. The molecule has 0 saturated heterocycles. The predicted octanol–water partition coefficient (Wildman–Crippen LogP) is 8.74. The summed E-state index contributed by atoms with van der Waals surface area (Å²) >= 11 is 0. The molecule has 0 N–H and O–H groups in total. The number of esters is 1. The number of aromatic nitrogens is 1. The molecule has 1 aromatic heterocycles. The van der Waals surface area contributed by atoms with Crippen LogP contribution >= 0.6 is 0 Å². The quantitative estimate of drug-likeness (QED) is 0.120. The third-order valence-corrected chi connectivity index (χ3v) is 8.12. The molecule has 200 valence electrons. The first-order valence-corrected chi connectivity index (χ1v) is 14.1. The van der Waals surface area contributed by atoms with E-state index in [0.29, 0.717) is 18.6 Å². The number of allylic oxidation sites excluding steroid dienone is 1. The molecule has 4 nitrogen and oxygen atoms in total. The van der Waals surface area contributed by atoms with Crippen LogP contribution < -0.4 is 0 Å². The van der Waals surface area contributed by atoms with Gasteiger partial charge >= 0.3 is 5.97 Å². The summed E-state index contributed by atoms with van der Waals surface area (Å²) in [6.07, 6.45) is 12.3. The van der Waals surface area contributed by atoms with Crippen LogP contribution in [0.3, 0.4) is 0 Å². The molecule has 0 amide bonds. The fourth-order valence-electron chi connectivity index (χ4n) is 6.03. The van der Waals surface area contributed by atoms with Crippen molar-refractivity contribution in [2.24, 2.45) is 5.92 Å². The van der Waals surface area contributed by atoms with Gasteiger partial charge in [-0.2, -0.15) is 0 Å². The van der Waals surface area contributed by atoms with Gasteiger partial charge in [0.15, 0.2) is 5.78 Å². The molecule has 0 spiro atoms. The lowest BCUT2D eigenvalue weighted by Gasteiger charge is -2.13. The molecular formula is C35H37NO3. The lowest BCUT2D eigenvalue weighted by atomic mass is 9.92. The lowest BCUT2D eigenvalue weighted by Crippen LogP contribution is -2.03. The monoisotopic (exact) mass is 519 g/mol. The zero-order valence-corrected chi connectivity index (χ0v) is 23.0. The maximum absolute atomic E-state index is 13.4. The van der Waals surface area contributed by atoms with Crippen LogP contribution in [0, 0.1) is 12.8 Å². The zero-order chi connectivity index (χ0) is 27.4. The maximum atomic E-state index is 13.4. The van der Waals surface area contributed by atoms with Gasteiger partial charge in [-0.3, -0.25) is 9.59 Å². The minimum Gasteiger partial charge on any atom is -0.466 e. The summed E-state index contributed by atoms with van der Waals surface area (Å²) in [6, 6.07) is 20.3. The molecule has 0 aliphatic heterocycles. The predicted molar refractivity (Wildman–Crippen MR) is 161 cm³/mol. The first-order valence-electron chi connectivity index (χ1n) is 14.1. The highest BCUT2D eigenvalue weighted by atomic mass is 16.5. The summed E-state index contributed by atoms with van der Waals surface area (Å²) in [5.74, 6) is 0.585. The van der Waals surface area contributed by atoms with Crippen molar-refractivity contribution in [1.29, 1.82) is 0 Å². The van der Waals surface area contributed by atoms with Crippen molar-refractivity contribution in [3.8, 4) is 0 Å². The van der Waals surface area contributed by atoms with Crippen LogP contribution in [0.1, 0.15) is 78.9 Å². The standard InChI is InChI=1S/C35H37NO3/c1-4-36-33-19-17-28(27(13-9-21-39-25(3)37)16-15-26-11-6-7-12-26)22-31(33)32-23-29(18-20-34(32)36)35(38)30-14-8-5-10-24(30)2/h4-5,8,10,13-14,17-20,22-23,26H,1,6-7,9,11-12,15-16,21H2,2-3H3/b27-13+. The Kier molecular flexibility index (Phi) is 8.11. The van der Waals surface area contributed by atoms with E-state index in [9.17, 15) is 9.59 Å². The van der Waals surface area contributed by atoms with Gasteiger partial charge < -0.3 is 9.30 Å².